The number of non-ortho nitro benzene ring substituents is 1. The maximum Gasteiger partial charge on any atom is 0.295 e. The van der Waals surface area contributed by atoms with E-state index >= 15 is 0 Å². The van der Waals surface area contributed by atoms with Crippen molar-refractivity contribution in [2.24, 2.45) is 0 Å². The Hall–Kier alpha value is -1.08. The summed E-state index contributed by atoms with van der Waals surface area (Å²) in [7, 11) is 0. The van der Waals surface area contributed by atoms with Crippen LogP contribution in [0.2, 0.25) is 0 Å². The van der Waals surface area contributed by atoms with Crippen molar-refractivity contribution in [3.05, 3.63) is 37.7 Å². The molecule has 0 fully saturated rings. The molecule has 1 aromatic carbocycles. The molecule has 0 atom stereocenters. The summed E-state index contributed by atoms with van der Waals surface area (Å²) >= 11 is 6.32. The second kappa shape index (κ2) is 3.82. The molecule has 76 valence electrons. The largest absolute Gasteiger partial charge is 0.295 e. The predicted octanol–water partition coefficient (Wildman–Crippen LogP) is 3.06. The summed E-state index contributed by atoms with van der Waals surface area (Å²) in [6.45, 7) is 0. The van der Waals surface area contributed by atoms with Crippen molar-refractivity contribution < 1.29 is 4.92 Å². The van der Waals surface area contributed by atoms with Gasteiger partial charge in [0.05, 0.1) is 4.92 Å². The number of nitro groups is 1. The number of hydrogen-bond donors (Lipinski definition) is 0. The summed E-state index contributed by atoms with van der Waals surface area (Å²) in [5, 5.41) is 11.4. The fourth-order valence-corrected chi connectivity index (χ4v) is 2.30. The molecule has 0 spiro atoms. The molecule has 0 aliphatic rings. The van der Waals surface area contributed by atoms with Crippen LogP contribution in [0.4, 0.5) is 5.69 Å². The molecule has 1 heterocycles. The summed E-state index contributed by atoms with van der Waals surface area (Å²) in [6.07, 6.45) is 0. The Morgan fingerprint density at radius 1 is 1.27 bits per heavy atom. The van der Waals surface area contributed by atoms with Gasteiger partial charge >= 0.3 is 0 Å². The van der Waals surface area contributed by atoms with E-state index in [1.165, 1.54) is 6.07 Å². The van der Waals surface area contributed by atoms with Crippen molar-refractivity contribution in [1.82, 2.24) is 9.97 Å². The van der Waals surface area contributed by atoms with E-state index in [-0.39, 0.29) is 5.69 Å². The number of nitro benzene ring substituents is 1. The van der Waals surface area contributed by atoms with Crippen LogP contribution < -0.4 is 0 Å². The van der Waals surface area contributed by atoms with Crippen LogP contribution in [0.15, 0.2) is 27.5 Å². The molecule has 0 radical (unpaired) electrons. The first-order valence-corrected chi connectivity index (χ1v) is 5.44. The van der Waals surface area contributed by atoms with Crippen LogP contribution >= 0.6 is 31.9 Å². The molecule has 2 aromatic rings. The molecule has 0 amide bonds. The standard InChI is InChI=1S/C8H3Br2N3O2/c9-7-4-2-1-3-5(13(14)15)6(4)11-8(10)12-7/h1-3H. The number of rotatable bonds is 1. The highest BCUT2D eigenvalue weighted by Crippen LogP contribution is 2.28. The first-order chi connectivity index (χ1) is 7.09. The third kappa shape index (κ3) is 1.84. The van der Waals surface area contributed by atoms with E-state index in [2.05, 4.69) is 41.8 Å². The molecule has 0 saturated heterocycles. The zero-order valence-corrected chi connectivity index (χ0v) is 10.3. The quantitative estimate of drug-likeness (QED) is 0.348. The lowest BCUT2D eigenvalue weighted by Crippen LogP contribution is -1.94. The first kappa shape index (κ1) is 10.4. The highest BCUT2D eigenvalue weighted by molar-refractivity contribution is 9.11. The summed E-state index contributed by atoms with van der Waals surface area (Å²) < 4.78 is 0.847. The minimum atomic E-state index is -0.464. The Kier molecular flexibility index (Phi) is 2.66. The molecule has 0 unspecified atom stereocenters. The Bertz CT molecular complexity index is 559. The second-order valence-electron chi connectivity index (χ2n) is 2.71. The number of hydrogen-bond acceptors (Lipinski definition) is 4. The molecule has 0 N–H and O–H groups in total. The lowest BCUT2D eigenvalue weighted by Gasteiger charge is -2.00. The van der Waals surface area contributed by atoms with Gasteiger partial charge in [-0.05, 0) is 37.9 Å². The number of fused-ring (bicyclic) bond motifs is 1. The van der Waals surface area contributed by atoms with Crippen molar-refractivity contribution in [2.45, 2.75) is 0 Å². The van der Waals surface area contributed by atoms with E-state index < -0.39 is 4.92 Å². The molecule has 0 bridgehead atoms. The van der Waals surface area contributed by atoms with Crippen LogP contribution in [0.3, 0.4) is 0 Å². The van der Waals surface area contributed by atoms with Crippen LogP contribution in [-0.2, 0) is 0 Å². The SMILES string of the molecule is O=[N+]([O-])c1cccc2c(Br)nc(Br)nc12. The van der Waals surface area contributed by atoms with Gasteiger partial charge in [-0.1, -0.05) is 6.07 Å². The van der Waals surface area contributed by atoms with E-state index in [0.717, 1.165) is 0 Å². The molecular formula is C8H3Br2N3O2. The molecule has 0 aliphatic carbocycles. The Morgan fingerprint density at radius 2 is 2.00 bits per heavy atom. The van der Waals surface area contributed by atoms with E-state index in [4.69, 9.17) is 0 Å². The first-order valence-electron chi connectivity index (χ1n) is 3.86. The fourth-order valence-electron chi connectivity index (χ4n) is 1.22. The lowest BCUT2D eigenvalue weighted by molar-refractivity contribution is -0.383. The van der Waals surface area contributed by atoms with Gasteiger partial charge in [0.25, 0.3) is 5.69 Å². The molecule has 0 aliphatic heterocycles. The van der Waals surface area contributed by atoms with Gasteiger partial charge in [0, 0.05) is 11.5 Å². The molecule has 1 aromatic heterocycles. The van der Waals surface area contributed by atoms with Gasteiger partial charge in [0.2, 0.25) is 0 Å². The van der Waals surface area contributed by atoms with Gasteiger partial charge < -0.3 is 0 Å². The number of nitrogens with zero attached hydrogens (tertiary/aromatic N) is 3. The molecule has 0 saturated carbocycles. The van der Waals surface area contributed by atoms with Gasteiger partial charge in [0.1, 0.15) is 4.60 Å². The summed E-state index contributed by atoms with van der Waals surface area (Å²) in [5.74, 6) is 0. The predicted molar refractivity (Wildman–Crippen MR) is 61.6 cm³/mol. The average Bonchev–Trinajstić information content (AvgIpc) is 2.16. The zero-order chi connectivity index (χ0) is 11.0. The van der Waals surface area contributed by atoms with Crippen LogP contribution in [0, 0.1) is 10.1 Å². The van der Waals surface area contributed by atoms with Crippen molar-refractivity contribution >= 4 is 48.5 Å². The van der Waals surface area contributed by atoms with E-state index in [1.54, 1.807) is 12.1 Å². The van der Waals surface area contributed by atoms with Crippen molar-refractivity contribution in [2.75, 3.05) is 0 Å². The highest BCUT2D eigenvalue weighted by atomic mass is 79.9. The number of benzene rings is 1. The lowest BCUT2D eigenvalue weighted by atomic mass is 10.2. The average molecular weight is 333 g/mol. The maximum absolute atomic E-state index is 10.8. The van der Waals surface area contributed by atoms with Crippen molar-refractivity contribution in [3.63, 3.8) is 0 Å². The molecule has 2 rings (SSSR count). The monoisotopic (exact) mass is 331 g/mol. The molecule has 5 nitrogen and oxygen atoms in total. The van der Waals surface area contributed by atoms with Crippen LogP contribution in [0.5, 0.6) is 0 Å². The minimum absolute atomic E-state index is 0.0312. The molecule has 7 heteroatoms. The summed E-state index contributed by atoms with van der Waals surface area (Å²) in [6, 6.07) is 4.73. The Labute approximate surface area is 101 Å². The number of para-hydroxylation sites is 1. The number of aromatic nitrogens is 2. The Morgan fingerprint density at radius 3 is 2.67 bits per heavy atom. The number of halogens is 2. The van der Waals surface area contributed by atoms with Crippen molar-refractivity contribution in [3.8, 4) is 0 Å². The van der Waals surface area contributed by atoms with Crippen LogP contribution in [0.25, 0.3) is 10.9 Å². The van der Waals surface area contributed by atoms with Gasteiger partial charge in [-0.3, -0.25) is 10.1 Å². The van der Waals surface area contributed by atoms with Crippen LogP contribution in [0.1, 0.15) is 0 Å². The van der Waals surface area contributed by atoms with E-state index in [9.17, 15) is 10.1 Å². The normalized spacial score (nSPS) is 10.5. The summed E-state index contributed by atoms with van der Waals surface area (Å²) in [4.78, 5) is 18.3. The maximum atomic E-state index is 10.8. The molecular weight excluding hydrogens is 330 g/mol. The smallest absolute Gasteiger partial charge is 0.258 e. The van der Waals surface area contributed by atoms with Crippen LogP contribution in [-0.4, -0.2) is 14.9 Å². The van der Waals surface area contributed by atoms with Gasteiger partial charge in [-0.15, -0.1) is 0 Å². The van der Waals surface area contributed by atoms with Gasteiger partial charge in [-0.25, -0.2) is 9.97 Å². The Balaban J connectivity index is 2.91. The van der Waals surface area contributed by atoms with Gasteiger partial charge in [-0.2, -0.15) is 0 Å². The second-order valence-corrected chi connectivity index (χ2v) is 4.17. The minimum Gasteiger partial charge on any atom is -0.258 e. The third-order valence-electron chi connectivity index (χ3n) is 1.83. The van der Waals surface area contributed by atoms with Crippen molar-refractivity contribution in [1.29, 1.82) is 0 Å². The fraction of sp³-hybridized carbons (Fsp3) is 0. The van der Waals surface area contributed by atoms with E-state index in [0.29, 0.717) is 20.2 Å². The highest BCUT2D eigenvalue weighted by Gasteiger charge is 2.15. The van der Waals surface area contributed by atoms with E-state index in [1.807, 2.05) is 0 Å². The van der Waals surface area contributed by atoms with Gasteiger partial charge in [0.15, 0.2) is 10.3 Å². The third-order valence-corrected chi connectivity index (χ3v) is 2.79. The summed E-state index contributed by atoms with van der Waals surface area (Å²) in [5.41, 5.74) is 0.285. The zero-order valence-electron chi connectivity index (χ0n) is 7.15. The topological polar surface area (TPSA) is 68.9 Å². The molecule has 15 heavy (non-hydrogen) atoms.